The summed E-state index contributed by atoms with van der Waals surface area (Å²) in [5.74, 6) is -0.354. The maximum Gasteiger partial charge on any atom is 0.351 e. The minimum Gasteiger partial charge on any atom is -0.422 e. The van der Waals surface area contributed by atoms with Crippen LogP contribution in [-0.2, 0) is 5.60 Å². The van der Waals surface area contributed by atoms with Gasteiger partial charge in [-0.05, 0) is 48.4 Å². The Hall–Kier alpha value is -2.55. The summed E-state index contributed by atoms with van der Waals surface area (Å²) in [5, 5.41) is 20.3. The van der Waals surface area contributed by atoms with Crippen molar-refractivity contribution in [1.29, 1.82) is 0 Å². The van der Waals surface area contributed by atoms with E-state index < -0.39 is 11.2 Å². The molecule has 4 rings (SSSR count). The van der Waals surface area contributed by atoms with Crippen LogP contribution in [0.5, 0.6) is 0 Å². The van der Waals surface area contributed by atoms with Crippen LogP contribution >= 0.6 is 23.1 Å². The molecule has 5 nitrogen and oxygen atoms in total. The molecule has 0 amide bonds. The van der Waals surface area contributed by atoms with Crippen molar-refractivity contribution >= 4 is 34.1 Å². The van der Waals surface area contributed by atoms with Gasteiger partial charge in [0, 0.05) is 10.9 Å². The lowest BCUT2D eigenvalue weighted by molar-refractivity contribution is 0.0275. The van der Waals surface area contributed by atoms with E-state index in [1.54, 1.807) is 24.3 Å². The Labute approximate surface area is 180 Å². The lowest BCUT2D eigenvalue weighted by Crippen LogP contribution is -2.23. The topological polar surface area (TPSA) is 76.2 Å². The molecule has 2 aromatic heterocycles. The standard InChI is InChI=1S/C22H19FN2O3S2/c1-3-22(27,4-2)20-24-25-21(30-20)29-18-17(13-9-11-14(23)12-10-13)15-7-5-6-8-16(15)28-19(18)26/h5-12,27H,3-4H2,1-2H3. The van der Waals surface area contributed by atoms with Crippen molar-refractivity contribution in [2.45, 2.75) is 41.5 Å². The van der Waals surface area contributed by atoms with Crippen LogP contribution in [0.2, 0.25) is 0 Å². The van der Waals surface area contributed by atoms with Crippen molar-refractivity contribution in [3.05, 3.63) is 69.8 Å². The Bertz CT molecular complexity index is 1250. The largest absolute Gasteiger partial charge is 0.422 e. The molecule has 0 atom stereocenters. The highest BCUT2D eigenvalue weighted by molar-refractivity contribution is 8.01. The van der Waals surface area contributed by atoms with Gasteiger partial charge in [0.15, 0.2) is 4.34 Å². The molecule has 0 saturated carbocycles. The van der Waals surface area contributed by atoms with Crippen LogP contribution in [0.1, 0.15) is 31.7 Å². The SMILES string of the molecule is CCC(O)(CC)c1nnc(Sc2c(-c3ccc(F)cc3)c3ccccc3oc2=O)s1. The Balaban J connectivity index is 1.86. The molecule has 0 radical (unpaired) electrons. The third-order valence-corrected chi connectivity index (χ3v) is 7.31. The predicted octanol–water partition coefficient (Wildman–Crippen LogP) is 5.61. The smallest absolute Gasteiger partial charge is 0.351 e. The molecule has 30 heavy (non-hydrogen) atoms. The number of nitrogens with zero attached hydrogens (tertiary/aromatic N) is 2. The van der Waals surface area contributed by atoms with Gasteiger partial charge in [-0.25, -0.2) is 9.18 Å². The van der Waals surface area contributed by atoms with E-state index in [1.807, 2.05) is 26.0 Å². The average Bonchev–Trinajstić information content (AvgIpc) is 3.24. The number of fused-ring (bicyclic) bond motifs is 1. The molecule has 2 aromatic carbocycles. The number of halogens is 1. The minimum absolute atomic E-state index is 0.347. The Morgan fingerprint density at radius 3 is 2.50 bits per heavy atom. The lowest BCUT2D eigenvalue weighted by Gasteiger charge is -2.21. The van der Waals surface area contributed by atoms with E-state index in [0.29, 0.717) is 43.8 Å². The molecule has 1 N–H and O–H groups in total. The first-order valence-corrected chi connectivity index (χ1v) is 11.1. The highest BCUT2D eigenvalue weighted by atomic mass is 32.2. The number of aromatic nitrogens is 2. The third kappa shape index (κ3) is 3.78. The van der Waals surface area contributed by atoms with Crippen molar-refractivity contribution in [3.8, 4) is 11.1 Å². The van der Waals surface area contributed by atoms with Crippen LogP contribution in [0, 0.1) is 5.82 Å². The van der Waals surface area contributed by atoms with Crippen LogP contribution in [0.25, 0.3) is 22.1 Å². The molecule has 4 aromatic rings. The number of para-hydroxylation sites is 1. The number of benzene rings is 2. The number of hydrogen-bond acceptors (Lipinski definition) is 7. The Kier molecular flexibility index (Phi) is 5.73. The van der Waals surface area contributed by atoms with Gasteiger partial charge in [0.05, 0.1) is 0 Å². The zero-order chi connectivity index (χ0) is 21.3. The number of hydrogen-bond donors (Lipinski definition) is 1. The minimum atomic E-state index is -1.04. The first kappa shape index (κ1) is 20.7. The summed E-state index contributed by atoms with van der Waals surface area (Å²) in [6.45, 7) is 3.78. The second-order valence-corrected chi connectivity index (χ2v) is 9.05. The maximum absolute atomic E-state index is 13.5. The van der Waals surface area contributed by atoms with E-state index in [9.17, 15) is 14.3 Å². The van der Waals surface area contributed by atoms with E-state index in [1.165, 1.54) is 23.5 Å². The van der Waals surface area contributed by atoms with Gasteiger partial charge in [0.1, 0.15) is 26.9 Å². The highest BCUT2D eigenvalue weighted by Gasteiger charge is 2.30. The summed E-state index contributed by atoms with van der Waals surface area (Å²) in [6, 6.07) is 13.2. The molecular formula is C22H19FN2O3S2. The summed E-state index contributed by atoms with van der Waals surface area (Å²) in [6.07, 6.45) is 1.03. The summed E-state index contributed by atoms with van der Waals surface area (Å²) in [7, 11) is 0. The molecule has 0 aliphatic rings. The molecule has 0 aliphatic carbocycles. The first-order chi connectivity index (χ1) is 14.4. The predicted molar refractivity (Wildman–Crippen MR) is 116 cm³/mol. The normalized spacial score (nSPS) is 11.9. The van der Waals surface area contributed by atoms with Gasteiger partial charge in [-0.3, -0.25) is 0 Å². The summed E-state index contributed by atoms with van der Waals surface area (Å²) >= 11 is 2.40. The lowest BCUT2D eigenvalue weighted by atomic mass is 9.99. The van der Waals surface area contributed by atoms with Crippen molar-refractivity contribution in [3.63, 3.8) is 0 Å². The van der Waals surface area contributed by atoms with E-state index in [2.05, 4.69) is 10.2 Å². The van der Waals surface area contributed by atoms with E-state index >= 15 is 0 Å². The molecule has 0 saturated heterocycles. The fourth-order valence-electron chi connectivity index (χ4n) is 3.21. The average molecular weight is 443 g/mol. The monoisotopic (exact) mass is 442 g/mol. The van der Waals surface area contributed by atoms with Gasteiger partial charge in [-0.2, -0.15) is 0 Å². The van der Waals surface area contributed by atoms with Gasteiger partial charge in [0.25, 0.3) is 0 Å². The van der Waals surface area contributed by atoms with E-state index in [4.69, 9.17) is 4.42 Å². The van der Waals surface area contributed by atoms with Crippen molar-refractivity contribution in [2.75, 3.05) is 0 Å². The van der Waals surface area contributed by atoms with Crippen LogP contribution < -0.4 is 5.63 Å². The van der Waals surface area contributed by atoms with Crippen LogP contribution in [-0.4, -0.2) is 15.3 Å². The maximum atomic E-state index is 13.5. The molecule has 2 heterocycles. The van der Waals surface area contributed by atoms with Crippen LogP contribution in [0.15, 0.2) is 67.0 Å². The summed E-state index contributed by atoms with van der Waals surface area (Å²) < 4.78 is 19.5. The second kappa shape index (κ2) is 8.29. The molecule has 0 spiro atoms. The number of rotatable bonds is 6. The summed E-state index contributed by atoms with van der Waals surface area (Å²) in [4.78, 5) is 13.2. The Morgan fingerprint density at radius 1 is 1.10 bits per heavy atom. The zero-order valence-electron chi connectivity index (χ0n) is 16.4. The zero-order valence-corrected chi connectivity index (χ0v) is 18.0. The summed E-state index contributed by atoms with van der Waals surface area (Å²) in [5.41, 5.74) is 0.271. The highest BCUT2D eigenvalue weighted by Crippen LogP contribution is 2.41. The Morgan fingerprint density at radius 2 is 1.80 bits per heavy atom. The quantitative estimate of drug-likeness (QED) is 0.391. The fraction of sp³-hybridized carbons (Fsp3) is 0.227. The molecule has 154 valence electrons. The molecular weight excluding hydrogens is 423 g/mol. The fourth-order valence-corrected chi connectivity index (χ4v) is 5.38. The van der Waals surface area contributed by atoms with Gasteiger partial charge >= 0.3 is 5.63 Å². The van der Waals surface area contributed by atoms with Gasteiger partial charge in [0.2, 0.25) is 0 Å². The molecule has 8 heteroatoms. The molecule has 0 aliphatic heterocycles. The van der Waals surface area contributed by atoms with Gasteiger partial charge in [-0.15, -0.1) is 10.2 Å². The molecule has 0 bridgehead atoms. The van der Waals surface area contributed by atoms with E-state index in [-0.39, 0.29) is 5.82 Å². The van der Waals surface area contributed by atoms with Gasteiger partial charge < -0.3 is 9.52 Å². The van der Waals surface area contributed by atoms with Crippen molar-refractivity contribution in [2.24, 2.45) is 0 Å². The van der Waals surface area contributed by atoms with Gasteiger partial charge in [-0.1, -0.05) is 55.5 Å². The third-order valence-electron chi connectivity index (χ3n) is 5.07. The second-order valence-electron chi connectivity index (χ2n) is 6.81. The molecule has 0 fully saturated rings. The van der Waals surface area contributed by atoms with Crippen molar-refractivity contribution in [1.82, 2.24) is 10.2 Å². The van der Waals surface area contributed by atoms with E-state index in [0.717, 1.165) is 17.1 Å². The van der Waals surface area contributed by atoms with Crippen molar-refractivity contribution < 1.29 is 13.9 Å². The molecule has 0 unspecified atom stereocenters. The first-order valence-electron chi connectivity index (χ1n) is 9.51. The van der Waals surface area contributed by atoms with Crippen LogP contribution in [0.4, 0.5) is 4.39 Å². The number of aliphatic hydroxyl groups is 1. The van der Waals surface area contributed by atoms with Crippen LogP contribution in [0.3, 0.4) is 0 Å².